The standard InChI is InChI=1S/C22H20N4O3/c1-29-22(28)16-7-4-8-18(11-16)25-21(27)19-12-24-20(13-23-19)26-10-9-15-5-2-3-6-17(15)14-26/h2-8,11-13H,9-10,14H2,1H3,(H,25,27). The number of rotatable bonds is 4. The summed E-state index contributed by atoms with van der Waals surface area (Å²) in [5.41, 5.74) is 3.69. The summed E-state index contributed by atoms with van der Waals surface area (Å²) in [6.07, 6.45) is 4.04. The molecule has 0 saturated carbocycles. The lowest BCUT2D eigenvalue weighted by Gasteiger charge is -2.29. The van der Waals surface area contributed by atoms with Crippen LogP contribution in [-0.2, 0) is 17.7 Å². The summed E-state index contributed by atoms with van der Waals surface area (Å²) in [5.74, 6) is -0.118. The van der Waals surface area contributed by atoms with Gasteiger partial charge < -0.3 is 15.0 Å². The number of nitrogens with one attached hydrogen (secondary N) is 1. The molecule has 0 atom stereocenters. The van der Waals surface area contributed by atoms with E-state index in [0.29, 0.717) is 11.3 Å². The summed E-state index contributed by atoms with van der Waals surface area (Å²) in [4.78, 5) is 34.9. The molecular weight excluding hydrogens is 368 g/mol. The third kappa shape index (κ3) is 4.08. The smallest absolute Gasteiger partial charge is 0.337 e. The summed E-state index contributed by atoms with van der Waals surface area (Å²) >= 11 is 0. The monoisotopic (exact) mass is 388 g/mol. The molecule has 4 rings (SSSR count). The van der Waals surface area contributed by atoms with Crippen molar-refractivity contribution >= 4 is 23.4 Å². The average Bonchev–Trinajstić information content (AvgIpc) is 2.78. The van der Waals surface area contributed by atoms with E-state index in [-0.39, 0.29) is 5.69 Å². The second kappa shape index (κ2) is 8.10. The molecule has 3 aromatic rings. The maximum atomic E-state index is 12.5. The zero-order valence-corrected chi connectivity index (χ0v) is 16.0. The number of carbonyl (C=O) groups is 2. The van der Waals surface area contributed by atoms with Gasteiger partial charge in [0.1, 0.15) is 11.5 Å². The van der Waals surface area contributed by atoms with E-state index in [1.165, 1.54) is 24.4 Å². The topological polar surface area (TPSA) is 84.4 Å². The van der Waals surface area contributed by atoms with Gasteiger partial charge in [0.15, 0.2) is 0 Å². The first kappa shape index (κ1) is 18.6. The zero-order valence-electron chi connectivity index (χ0n) is 16.0. The molecule has 0 aliphatic carbocycles. The third-order valence-corrected chi connectivity index (χ3v) is 4.87. The predicted octanol–water partition coefficient (Wildman–Crippen LogP) is 3.08. The molecule has 0 bridgehead atoms. The van der Waals surface area contributed by atoms with Crippen LogP contribution >= 0.6 is 0 Å². The molecule has 0 spiro atoms. The Kier molecular flexibility index (Phi) is 5.20. The van der Waals surface area contributed by atoms with Crippen LogP contribution in [0.15, 0.2) is 60.9 Å². The molecule has 7 nitrogen and oxygen atoms in total. The van der Waals surface area contributed by atoms with E-state index in [1.54, 1.807) is 30.5 Å². The highest BCUT2D eigenvalue weighted by molar-refractivity contribution is 6.03. The Morgan fingerprint density at radius 1 is 1.03 bits per heavy atom. The van der Waals surface area contributed by atoms with Crippen molar-refractivity contribution in [3.8, 4) is 0 Å². The van der Waals surface area contributed by atoms with Gasteiger partial charge in [-0.3, -0.25) is 4.79 Å². The number of fused-ring (bicyclic) bond motifs is 1. The number of nitrogens with zero attached hydrogens (tertiary/aromatic N) is 3. The first-order valence-corrected chi connectivity index (χ1v) is 9.27. The van der Waals surface area contributed by atoms with Crippen molar-refractivity contribution in [1.29, 1.82) is 0 Å². The maximum absolute atomic E-state index is 12.5. The van der Waals surface area contributed by atoms with Crippen LogP contribution in [0.2, 0.25) is 0 Å². The van der Waals surface area contributed by atoms with Crippen molar-refractivity contribution in [2.24, 2.45) is 0 Å². The first-order valence-electron chi connectivity index (χ1n) is 9.27. The molecule has 7 heteroatoms. The Morgan fingerprint density at radius 3 is 2.62 bits per heavy atom. The van der Waals surface area contributed by atoms with Gasteiger partial charge in [0.05, 0.1) is 25.1 Å². The van der Waals surface area contributed by atoms with Crippen molar-refractivity contribution in [2.75, 3.05) is 23.9 Å². The van der Waals surface area contributed by atoms with Crippen LogP contribution in [0.25, 0.3) is 0 Å². The van der Waals surface area contributed by atoms with Crippen LogP contribution in [-0.4, -0.2) is 35.5 Å². The quantitative estimate of drug-likeness (QED) is 0.692. The number of benzene rings is 2. The van der Waals surface area contributed by atoms with Gasteiger partial charge in [0.25, 0.3) is 5.91 Å². The molecule has 2 heterocycles. The summed E-state index contributed by atoms with van der Waals surface area (Å²) in [6, 6.07) is 14.9. The summed E-state index contributed by atoms with van der Waals surface area (Å²) < 4.78 is 4.70. The lowest BCUT2D eigenvalue weighted by molar-refractivity contribution is 0.0600. The van der Waals surface area contributed by atoms with Gasteiger partial charge in [-0.1, -0.05) is 30.3 Å². The molecule has 0 unspecified atom stereocenters. The lowest BCUT2D eigenvalue weighted by Crippen LogP contribution is -2.31. The molecule has 0 fully saturated rings. The average molecular weight is 388 g/mol. The lowest BCUT2D eigenvalue weighted by atomic mass is 10.0. The fourth-order valence-electron chi connectivity index (χ4n) is 3.33. The highest BCUT2D eigenvalue weighted by atomic mass is 16.5. The van der Waals surface area contributed by atoms with E-state index in [2.05, 4.69) is 38.4 Å². The second-order valence-electron chi connectivity index (χ2n) is 6.73. The van der Waals surface area contributed by atoms with Crippen LogP contribution in [0.4, 0.5) is 11.5 Å². The van der Waals surface area contributed by atoms with E-state index in [1.807, 2.05) is 6.07 Å². The van der Waals surface area contributed by atoms with Crippen LogP contribution < -0.4 is 10.2 Å². The Balaban J connectivity index is 1.44. The fraction of sp³-hybridized carbons (Fsp3) is 0.182. The van der Waals surface area contributed by atoms with Crippen molar-refractivity contribution in [3.05, 3.63) is 83.3 Å². The van der Waals surface area contributed by atoms with Gasteiger partial charge in [0, 0.05) is 18.8 Å². The largest absolute Gasteiger partial charge is 0.465 e. The summed E-state index contributed by atoms with van der Waals surface area (Å²) in [5, 5.41) is 2.73. The SMILES string of the molecule is COC(=O)c1cccc(NC(=O)c2cnc(N3CCc4ccccc4C3)cn2)c1. The second-order valence-corrected chi connectivity index (χ2v) is 6.73. The number of aromatic nitrogens is 2. The van der Waals surface area contributed by atoms with Crippen molar-refractivity contribution in [2.45, 2.75) is 13.0 Å². The van der Waals surface area contributed by atoms with Crippen LogP contribution in [0, 0.1) is 0 Å². The van der Waals surface area contributed by atoms with Crippen molar-refractivity contribution < 1.29 is 14.3 Å². The molecule has 0 radical (unpaired) electrons. The fourth-order valence-corrected chi connectivity index (χ4v) is 3.33. The molecule has 1 N–H and O–H groups in total. The van der Waals surface area contributed by atoms with Crippen LogP contribution in [0.5, 0.6) is 0 Å². The molecule has 146 valence electrons. The van der Waals surface area contributed by atoms with Gasteiger partial charge in [-0.2, -0.15) is 0 Å². The normalized spacial score (nSPS) is 12.8. The molecule has 2 aromatic carbocycles. The van der Waals surface area contributed by atoms with Gasteiger partial charge in [-0.25, -0.2) is 14.8 Å². The molecular formula is C22H20N4O3. The van der Waals surface area contributed by atoms with E-state index in [0.717, 1.165) is 25.3 Å². The third-order valence-electron chi connectivity index (χ3n) is 4.87. The van der Waals surface area contributed by atoms with Crippen molar-refractivity contribution in [1.82, 2.24) is 9.97 Å². The zero-order chi connectivity index (χ0) is 20.2. The van der Waals surface area contributed by atoms with E-state index >= 15 is 0 Å². The Bertz CT molecular complexity index is 1050. The Hall–Kier alpha value is -3.74. The van der Waals surface area contributed by atoms with Gasteiger partial charge in [0.2, 0.25) is 0 Å². The van der Waals surface area contributed by atoms with Gasteiger partial charge in [-0.05, 0) is 35.7 Å². The van der Waals surface area contributed by atoms with E-state index in [9.17, 15) is 9.59 Å². The van der Waals surface area contributed by atoms with Crippen LogP contribution in [0.3, 0.4) is 0 Å². The number of ether oxygens (including phenoxy) is 1. The number of hydrogen-bond acceptors (Lipinski definition) is 6. The minimum atomic E-state index is -0.464. The minimum Gasteiger partial charge on any atom is -0.465 e. The first-order chi connectivity index (χ1) is 14.1. The summed E-state index contributed by atoms with van der Waals surface area (Å²) in [7, 11) is 1.31. The van der Waals surface area contributed by atoms with Gasteiger partial charge >= 0.3 is 5.97 Å². The number of methoxy groups -OCH3 is 1. The van der Waals surface area contributed by atoms with Crippen LogP contribution in [0.1, 0.15) is 32.0 Å². The molecule has 29 heavy (non-hydrogen) atoms. The number of esters is 1. The van der Waals surface area contributed by atoms with E-state index in [4.69, 9.17) is 4.74 Å². The highest BCUT2D eigenvalue weighted by Crippen LogP contribution is 2.22. The number of hydrogen-bond donors (Lipinski definition) is 1. The minimum absolute atomic E-state index is 0.203. The highest BCUT2D eigenvalue weighted by Gasteiger charge is 2.18. The van der Waals surface area contributed by atoms with Crippen molar-refractivity contribution in [3.63, 3.8) is 0 Å². The van der Waals surface area contributed by atoms with E-state index < -0.39 is 11.9 Å². The van der Waals surface area contributed by atoms with Gasteiger partial charge in [-0.15, -0.1) is 0 Å². The molecule has 0 saturated heterocycles. The number of anilines is 2. The molecule has 1 amide bonds. The summed E-state index contributed by atoms with van der Waals surface area (Å²) in [6.45, 7) is 1.63. The molecule has 1 aliphatic heterocycles. The number of carbonyl (C=O) groups excluding carboxylic acids is 2. The number of amides is 1. The Labute approximate surface area is 168 Å². The predicted molar refractivity (Wildman–Crippen MR) is 109 cm³/mol. The maximum Gasteiger partial charge on any atom is 0.337 e. The Morgan fingerprint density at radius 2 is 1.86 bits per heavy atom. The molecule has 1 aliphatic rings. The molecule has 1 aromatic heterocycles.